The standard InChI is InChI=1S/C8H18.C2H6.CH5N.CH3.Na/c1-3-5-7-8-6-4-2;2*1-2;;/h3-8H2,1-2H3;1-2H3;2H2,1H3;1H3;/q;;;-1;+1. The third kappa shape index (κ3) is 52.2. The maximum Gasteiger partial charge on any atom is 1.00 e. The van der Waals surface area contributed by atoms with Crippen LogP contribution in [0.15, 0.2) is 0 Å². The first-order valence-electron chi connectivity index (χ1n) is 5.49. The second-order valence-electron chi connectivity index (χ2n) is 2.41. The summed E-state index contributed by atoms with van der Waals surface area (Å²) in [5.74, 6) is 0. The summed E-state index contributed by atoms with van der Waals surface area (Å²) in [6.07, 6.45) is 8.49. The molecule has 0 saturated carbocycles. The first-order valence-corrected chi connectivity index (χ1v) is 5.49. The van der Waals surface area contributed by atoms with Gasteiger partial charge in [0.15, 0.2) is 0 Å². The number of nitrogens with two attached hydrogens (primary N) is 1. The number of hydrogen-bond donors (Lipinski definition) is 1. The van der Waals surface area contributed by atoms with Crippen molar-refractivity contribution in [2.75, 3.05) is 7.05 Å². The molecule has 0 fully saturated rings. The molecular weight excluding hydrogens is 181 g/mol. The summed E-state index contributed by atoms with van der Waals surface area (Å²) in [4.78, 5) is 0. The van der Waals surface area contributed by atoms with E-state index in [2.05, 4.69) is 19.6 Å². The van der Waals surface area contributed by atoms with E-state index in [1.807, 2.05) is 13.8 Å². The smallest absolute Gasteiger partial charge is 0.358 e. The summed E-state index contributed by atoms with van der Waals surface area (Å²) in [6, 6.07) is 0. The monoisotopic (exact) mass is 213 g/mol. The minimum atomic E-state index is 0. The van der Waals surface area contributed by atoms with Crippen LogP contribution in [-0.4, -0.2) is 7.05 Å². The number of rotatable bonds is 5. The maximum absolute atomic E-state index is 4.50. The van der Waals surface area contributed by atoms with Gasteiger partial charge in [0.1, 0.15) is 0 Å². The van der Waals surface area contributed by atoms with E-state index in [1.54, 1.807) is 0 Å². The van der Waals surface area contributed by atoms with E-state index in [1.165, 1.54) is 45.6 Å². The van der Waals surface area contributed by atoms with E-state index in [0.29, 0.717) is 0 Å². The SMILES string of the molecule is CC.CCCCCCCC.CN.[CH3-].[Na+]. The Morgan fingerprint density at radius 3 is 1.07 bits per heavy atom. The molecule has 0 unspecified atom stereocenters. The van der Waals surface area contributed by atoms with Gasteiger partial charge in [-0.1, -0.05) is 66.2 Å². The summed E-state index contributed by atoms with van der Waals surface area (Å²) in [5, 5.41) is 0. The van der Waals surface area contributed by atoms with Crippen LogP contribution in [0.5, 0.6) is 0 Å². The topological polar surface area (TPSA) is 26.0 Å². The zero-order valence-corrected chi connectivity index (χ0v) is 13.8. The van der Waals surface area contributed by atoms with Gasteiger partial charge in [-0.15, -0.1) is 0 Å². The van der Waals surface area contributed by atoms with E-state index in [4.69, 9.17) is 0 Å². The molecule has 0 radical (unpaired) electrons. The second-order valence-corrected chi connectivity index (χ2v) is 2.41. The molecule has 0 aromatic heterocycles. The van der Waals surface area contributed by atoms with Crippen LogP contribution >= 0.6 is 0 Å². The Hall–Kier alpha value is 0.960. The zero-order chi connectivity index (χ0) is 10.2. The summed E-state index contributed by atoms with van der Waals surface area (Å²) < 4.78 is 0. The Morgan fingerprint density at radius 1 is 0.714 bits per heavy atom. The molecule has 0 bridgehead atoms. The molecule has 0 aliphatic carbocycles. The molecule has 0 aromatic rings. The van der Waals surface area contributed by atoms with Crippen LogP contribution in [-0.2, 0) is 0 Å². The Kier molecular flexibility index (Phi) is 102. The van der Waals surface area contributed by atoms with Crippen molar-refractivity contribution in [3.8, 4) is 0 Å². The maximum atomic E-state index is 4.50. The predicted octanol–water partition coefficient (Wildman–Crippen LogP) is 1.42. The summed E-state index contributed by atoms with van der Waals surface area (Å²) in [6.45, 7) is 8.51. The van der Waals surface area contributed by atoms with Crippen LogP contribution in [0.25, 0.3) is 0 Å². The third-order valence-corrected chi connectivity index (χ3v) is 1.46. The van der Waals surface area contributed by atoms with E-state index >= 15 is 0 Å². The second kappa shape index (κ2) is 48.4. The van der Waals surface area contributed by atoms with E-state index in [9.17, 15) is 0 Å². The quantitative estimate of drug-likeness (QED) is 0.417. The zero-order valence-electron chi connectivity index (χ0n) is 11.8. The van der Waals surface area contributed by atoms with Crippen LogP contribution in [0.1, 0.15) is 66.2 Å². The Balaban J connectivity index is -0.0000000400. The molecule has 0 saturated heterocycles. The molecule has 0 heterocycles. The molecule has 0 amide bonds. The fraction of sp³-hybridized carbons (Fsp3) is 0.917. The molecule has 86 valence electrons. The van der Waals surface area contributed by atoms with Gasteiger partial charge in [-0.25, -0.2) is 0 Å². The summed E-state index contributed by atoms with van der Waals surface area (Å²) in [7, 11) is 1.50. The van der Waals surface area contributed by atoms with Gasteiger partial charge in [-0.3, -0.25) is 0 Å². The predicted molar refractivity (Wildman–Crippen MR) is 66.9 cm³/mol. The van der Waals surface area contributed by atoms with Gasteiger partial charge in [0.05, 0.1) is 0 Å². The summed E-state index contributed by atoms with van der Waals surface area (Å²) >= 11 is 0. The molecule has 0 rings (SSSR count). The van der Waals surface area contributed by atoms with Crippen LogP contribution < -0.4 is 35.3 Å². The fourth-order valence-electron chi connectivity index (χ4n) is 0.854. The average molecular weight is 213 g/mol. The van der Waals surface area contributed by atoms with E-state index in [0.717, 1.165) is 0 Å². The Labute approximate surface area is 116 Å². The van der Waals surface area contributed by atoms with Gasteiger partial charge in [0, 0.05) is 0 Å². The van der Waals surface area contributed by atoms with Crippen molar-refractivity contribution in [1.82, 2.24) is 0 Å². The molecule has 0 aliphatic rings. The van der Waals surface area contributed by atoms with Crippen molar-refractivity contribution in [3.05, 3.63) is 7.43 Å². The molecular formula is C12H32NNa. The Morgan fingerprint density at radius 2 is 0.929 bits per heavy atom. The largest absolute Gasteiger partial charge is 1.00 e. The first-order chi connectivity index (χ1) is 5.91. The van der Waals surface area contributed by atoms with Crippen molar-refractivity contribution < 1.29 is 29.6 Å². The molecule has 1 nitrogen and oxygen atoms in total. The third-order valence-electron chi connectivity index (χ3n) is 1.46. The van der Waals surface area contributed by atoms with Gasteiger partial charge in [0.2, 0.25) is 0 Å². The molecule has 0 spiro atoms. The van der Waals surface area contributed by atoms with Crippen molar-refractivity contribution >= 4 is 0 Å². The van der Waals surface area contributed by atoms with Gasteiger partial charge < -0.3 is 13.2 Å². The fourth-order valence-corrected chi connectivity index (χ4v) is 0.854. The van der Waals surface area contributed by atoms with Gasteiger partial charge in [-0.05, 0) is 7.05 Å². The first kappa shape index (κ1) is 29.4. The van der Waals surface area contributed by atoms with Crippen LogP contribution in [0.4, 0.5) is 0 Å². The molecule has 2 heteroatoms. The minimum absolute atomic E-state index is 0. The van der Waals surface area contributed by atoms with Crippen molar-refractivity contribution in [2.24, 2.45) is 5.73 Å². The van der Waals surface area contributed by atoms with Crippen molar-refractivity contribution in [1.29, 1.82) is 0 Å². The van der Waals surface area contributed by atoms with Gasteiger partial charge >= 0.3 is 29.6 Å². The molecule has 0 atom stereocenters. The number of unbranched alkanes of at least 4 members (excludes halogenated alkanes) is 5. The average Bonchev–Trinajstić information content (AvgIpc) is 2.19. The van der Waals surface area contributed by atoms with Gasteiger partial charge in [0.25, 0.3) is 0 Å². The van der Waals surface area contributed by atoms with Crippen LogP contribution in [0, 0.1) is 7.43 Å². The molecule has 0 aliphatic heterocycles. The minimum Gasteiger partial charge on any atom is -0.358 e. The molecule has 2 N–H and O–H groups in total. The van der Waals surface area contributed by atoms with Crippen molar-refractivity contribution in [2.45, 2.75) is 66.2 Å². The molecule has 0 aromatic carbocycles. The Bertz CT molecular complexity index is 35.3. The van der Waals surface area contributed by atoms with E-state index < -0.39 is 0 Å². The molecule has 14 heavy (non-hydrogen) atoms. The summed E-state index contributed by atoms with van der Waals surface area (Å²) in [5.41, 5.74) is 4.50. The van der Waals surface area contributed by atoms with Crippen molar-refractivity contribution in [3.63, 3.8) is 0 Å². The van der Waals surface area contributed by atoms with E-state index in [-0.39, 0.29) is 37.0 Å². The number of hydrogen-bond acceptors (Lipinski definition) is 1. The normalized spacial score (nSPS) is 6.43. The van der Waals surface area contributed by atoms with Crippen LogP contribution in [0.2, 0.25) is 0 Å². The van der Waals surface area contributed by atoms with Crippen LogP contribution in [0.3, 0.4) is 0 Å². The van der Waals surface area contributed by atoms with Gasteiger partial charge in [-0.2, -0.15) is 0 Å².